The van der Waals surface area contributed by atoms with Crippen molar-refractivity contribution in [1.82, 2.24) is 20.1 Å². The third-order valence-corrected chi connectivity index (χ3v) is 3.43. The predicted molar refractivity (Wildman–Crippen MR) is 79.0 cm³/mol. The van der Waals surface area contributed by atoms with Crippen LogP contribution in [-0.4, -0.2) is 35.5 Å². The van der Waals surface area contributed by atoms with E-state index in [9.17, 15) is 0 Å². The van der Waals surface area contributed by atoms with Gasteiger partial charge in [-0.3, -0.25) is 9.67 Å². The van der Waals surface area contributed by atoms with Crippen LogP contribution >= 0.6 is 11.6 Å². The number of methoxy groups -OCH3 is 1. The van der Waals surface area contributed by atoms with Gasteiger partial charge in [-0.1, -0.05) is 11.6 Å². The van der Waals surface area contributed by atoms with E-state index in [1.807, 2.05) is 30.8 Å². The minimum absolute atomic E-state index is 0.0956. The fourth-order valence-corrected chi connectivity index (χ4v) is 2.41. The Labute approximate surface area is 123 Å². The predicted octanol–water partition coefficient (Wildman–Crippen LogP) is 2.20. The van der Waals surface area contributed by atoms with Gasteiger partial charge in [0.15, 0.2) is 0 Å². The summed E-state index contributed by atoms with van der Waals surface area (Å²) in [7, 11) is 3.56. The van der Waals surface area contributed by atoms with Crippen LogP contribution in [-0.2, 0) is 11.3 Å². The molecule has 0 aliphatic carbocycles. The summed E-state index contributed by atoms with van der Waals surface area (Å²) in [5, 5.41) is 8.19. The first-order chi connectivity index (χ1) is 9.67. The number of rotatable bonds is 6. The van der Waals surface area contributed by atoms with Gasteiger partial charge in [0.25, 0.3) is 0 Å². The van der Waals surface area contributed by atoms with Crippen LogP contribution in [0.2, 0.25) is 5.02 Å². The molecule has 2 aromatic heterocycles. The van der Waals surface area contributed by atoms with Crippen molar-refractivity contribution in [3.05, 3.63) is 46.5 Å². The first-order valence-corrected chi connectivity index (χ1v) is 6.85. The minimum Gasteiger partial charge on any atom is -0.383 e. The Bertz CT molecular complexity index is 570. The Morgan fingerprint density at radius 2 is 2.30 bits per heavy atom. The fourth-order valence-electron chi connectivity index (χ4n) is 2.16. The number of ether oxygens (including phenoxy) is 1. The van der Waals surface area contributed by atoms with Crippen molar-refractivity contribution >= 4 is 11.6 Å². The molecule has 0 amide bonds. The van der Waals surface area contributed by atoms with Crippen molar-refractivity contribution in [2.24, 2.45) is 0 Å². The molecule has 0 fully saturated rings. The van der Waals surface area contributed by atoms with Gasteiger partial charge in [-0.15, -0.1) is 0 Å². The first kappa shape index (κ1) is 15.0. The third kappa shape index (κ3) is 3.17. The summed E-state index contributed by atoms with van der Waals surface area (Å²) in [4.78, 5) is 4.44. The Morgan fingerprint density at radius 1 is 1.50 bits per heavy atom. The highest BCUT2D eigenvalue weighted by Crippen LogP contribution is 2.27. The summed E-state index contributed by atoms with van der Waals surface area (Å²) in [6.07, 6.45) is 3.46. The van der Waals surface area contributed by atoms with E-state index in [-0.39, 0.29) is 6.04 Å². The maximum absolute atomic E-state index is 6.30. The molecule has 2 heterocycles. The lowest BCUT2D eigenvalue weighted by atomic mass is 10.1. The monoisotopic (exact) mass is 294 g/mol. The largest absolute Gasteiger partial charge is 0.383 e. The SMILES string of the molecule is CNC(c1cc(C)ccn1)c1c(Cl)cnn1CCOC. The summed E-state index contributed by atoms with van der Waals surface area (Å²) in [6, 6.07) is 3.92. The van der Waals surface area contributed by atoms with Gasteiger partial charge >= 0.3 is 0 Å². The number of pyridine rings is 1. The van der Waals surface area contributed by atoms with Crippen LogP contribution in [0, 0.1) is 6.92 Å². The lowest BCUT2D eigenvalue weighted by Crippen LogP contribution is -2.24. The molecule has 1 atom stereocenters. The second-order valence-corrected chi connectivity index (χ2v) is 4.98. The molecule has 0 aliphatic heterocycles. The van der Waals surface area contributed by atoms with E-state index in [0.29, 0.717) is 18.2 Å². The maximum Gasteiger partial charge on any atom is 0.0934 e. The van der Waals surface area contributed by atoms with E-state index in [4.69, 9.17) is 16.3 Å². The van der Waals surface area contributed by atoms with Crippen LogP contribution in [0.1, 0.15) is 23.0 Å². The van der Waals surface area contributed by atoms with Crippen molar-refractivity contribution in [1.29, 1.82) is 0 Å². The summed E-state index contributed by atoms with van der Waals surface area (Å²) in [5.74, 6) is 0. The van der Waals surface area contributed by atoms with Crippen LogP contribution in [0.5, 0.6) is 0 Å². The van der Waals surface area contributed by atoms with Crippen molar-refractivity contribution in [2.45, 2.75) is 19.5 Å². The van der Waals surface area contributed by atoms with Crippen molar-refractivity contribution in [3.8, 4) is 0 Å². The van der Waals surface area contributed by atoms with E-state index in [2.05, 4.69) is 15.4 Å². The smallest absolute Gasteiger partial charge is 0.0934 e. The van der Waals surface area contributed by atoms with E-state index in [1.165, 1.54) is 0 Å². The van der Waals surface area contributed by atoms with E-state index < -0.39 is 0 Å². The van der Waals surface area contributed by atoms with Crippen molar-refractivity contribution in [2.75, 3.05) is 20.8 Å². The number of nitrogens with zero attached hydrogens (tertiary/aromatic N) is 3. The summed E-state index contributed by atoms with van der Waals surface area (Å²) in [6.45, 7) is 3.28. The summed E-state index contributed by atoms with van der Waals surface area (Å²) < 4.78 is 6.97. The van der Waals surface area contributed by atoms with Crippen molar-refractivity contribution < 1.29 is 4.74 Å². The fraction of sp³-hybridized carbons (Fsp3) is 0.429. The zero-order valence-corrected chi connectivity index (χ0v) is 12.7. The molecule has 1 unspecified atom stereocenters. The quantitative estimate of drug-likeness (QED) is 0.887. The van der Waals surface area contributed by atoms with Gasteiger partial charge in [-0.25, -0.2) is 0 Å². The third-order valence-electron chi connectivity index (χ3n) is 3.13. The maximum atomic E-state index is 6.30. The first-order valence-electron chi connectivity index (χ1n) is 6.47. The molecule has 0 saturated heterocycles. The van der Waals surface area contributed by atoms with E-state index in [0.717, 1.165) is 17.0 Å². The van der Waals surface area contributed by atoms with E-state index >= 15 is 0 Å². The van der Waals surface area contributed by atoms with Gasteiger partial charge < -0.3 is 10.1 Å². The number of aryl methyl sites for hydroxylation is 1. The van der Waals surface area contributed by atoms with Gasteiger partial charge in [0.1, 0.15) is 0 Å². The second kappa shape index (κ2) is 6.83. The molecular weight excluding hydrogens is 276 g/mol. The Balaban J connectivity index is 2.38. The zero-order chi connectivity index (χ0) is 14.5. The molecule has 2 aromatic rings. The molecule has 6 heteroatoms. The molecule has 20 heavy (non-hydrogen) atoms. The van der Waals surface area contributed by atoms with Crippen LogP contribution in [0.15, 0.2) is 24.5 Å². The Kier molecular flexibility index (Phi) is 5.11. The normalized spacial score (nSPS) is 12.6. The molecular formula is C14H19ClN4O. The van der Waals surface area contributed by atoms with Gasteiger partial charge in [-0.2, -0.15) is 5.10 Å². The number of hydrogen-bond acceptors (Lipinski definition) is 4. The molecule has 0 saturated carbocycles. The van der Waals surface area contributed by atoms with Gasteiger partial charge in [0.2, 0.25) is 0 Å². The van der Waals surface area contributed by atoms with Crippen LogP contribution in [0.25, 0.3) is 0 Å². The van der Waals surface area contributed by atoms with Gasteiger partial charge in [0.05, 0.1) is 41.8 Å². The number of halogens is 1. The molecule has 0 aliphatic rings. The molecule has 0 radical (unpaired) electrons. The number of nitrogens with one attached hydrogen (secondary N) is 1. The highest BCUT2D eigenvalue weighted by Gasteiger charge is 2.21. The molecule has 0 aromatic carbocycles. The topological polar surface area (TPSA) is 52.0 Å². The molecule has 0 spiro atoms. The number of hydrogen-bond donors (Lipinski definition) is 1. The average Bonchev–Trinajstić information content (AvgIpc) is 2.79. The molecule has 2 rings (SSSR count). The van der Waals surface area contributed by atoms with Crippen LogP contribution < -0.4 is 5.32 Å². The number of aromatic nitrogens is 3. The lowest BCUT2D eigenvalue weighted by molar-refractivity contribution is 0.182. The van der Waals surface area contributed by atoms with Crippen LogP contribution in [0.3, 0.4) is 0 Å². The molecule has 1 N–H and O–H groups in total. The minimum atomic E-state index is -0.0956. The average molecular weight is 295 g/mol. The van der Waals surface area contributed by atoms with Crippen molar-refractivity contribution in [3.63, 3.8) is 0 Å². The standard InChI is InChI=1S/C14H19ClN4O/c1-10-4-5-17-12(8-10)13(16-2)14-11(15)9-18-19(14)6-7-20-3/h4-5,8-9,13,16H,6-7H2,1-3H3. The Morgan fingerprint density at radius 3 is 2.95 bits per heavy atom. The van der Waals surface area contributed by atoms with E-state index in [1.54, 1.807) is 19.5 Å². The molecule has 0 bridgehead atoms. The van der Waals surface area contributed by atoms with Gasteiger partial charge in [-0.05, 0) is 31.7 Å². The van der Waals surface area contributed by atoms with Gasteiger partial charge in [0, 0.05) is 13.3 Å². The lowest BCUT2D eigenvalue weighted by Gasteiger charge is -2.18. The molecule has 108 valence electrons. The summed E-state index contributed by atoms with van der Waals surface area (Å²) >= 11 is 6.30. The van der Waals surface area contributed by atoms with Crippen LogP contribution in [0.4, 0.5) is 0 Å². The zero-order valence-electron chi connectivity index (χ0n) is 11.9. The second-order valence-electron chi connectivity index (χ2n) is 4.57. The molecule has 5 nitrogen and oxygen atoms in total. The summed E-state index contributed by atoms with van der Waals surface area (Å²) in [5.41, 5.74) is 2.99. The Hall–Kier alpha value is -1.43. The highest BCUT2D eigenvalue weighted by atomic mass is 35.5. The highest BCUT2D eigenvalue weighted by molar-refractivity contribution is 6.31.